The van der Waals surface area contributed by atoms with Gasteiger partial charge in [0.05, 0.1) is 35.7 Å². The lowest BCUT2D eigenvalue weighted by atomic mass is 10.3. The minimum absolute atomic E-state index is 0.0265. The van der Waals surface area contributed by atoms with Crippen LogP contribution in [0.4, 0.5) is 5.69 Å². The maximum absolute atomic E-state index is 12.1. The van der Waals surface area contributed by atoms with Crippen molar-refractivity contribution in [1.29, 1.82) is 0 Å². The first-order valence-corrected chi connectivity index (χ1v) is 7.89. The highest BCUT2D eigenvalue weighted by molar-refractivity contribution is 7.89. The lowest BCUT2D eigenvalue weighted by Gasteiger charge is -2.23. The second kappa shape index (κ2) is 6.67. The summed E-state index contributed by atoms with van der Waals surface area (Å²) in [6, 6.07) is 3.30. The maximum Gasteiger partial charge on any atom is 0.289 e. The van der Waals surface area contributed by atoms with Crippen LogP contribution in [0.15, 0.2) is 23.1 Å². The van der Waals surface area contributed by atoms with Gasteiger partial charge in [-0.25, -0.2) is 13.1 Å². The van der Waals surface area contributed by atoms with Crippen molar-refractivity contribution in [3.63, 3.8) is 0 Å². The number of benzene rings is 1. The molecule has 0 spiro atoms. The average Bonchev–Trinajstić information content (AvgIpc) is 2.46. The molecule has 1 aromatic carbocycles. The minimum atomic E-state index is -3.88. The van der Waals surface area contributed by atoms with E-state index in [0.29, 0.717) is 19.8 Å². The van der Waals surface area contributed by atoms with Gasteiger partial charge >= 0.3 is 0 Å². The van der Waals surface area contributed by atoms with Crippen LogP contribution in [0.1, 0.15) is 0 Å². The number of hydrogen-bond donors (Lipinski definition) is 1. The van der Waals surface area contributed by atoms with Crippen molar-refractivity contribution in [2.45, 2.75) is 11.0 Å². The molecule has 1 aliphatic heterocycles. The second-order valence-corrected chi connectivity index (χ2v) is 6.46. The number of sulfonamides is 1. The van der Waals surface area contributed by atoms with Gasteiger partial charge < -0.3 is 9.47 Å². The first-order chi connectivity index (χ1) is 9.90. The summed E-state index contributed by atoms with van der Waals surface area (Å²) in [6.07, 6.45) is -0.379. The Morgan fingerprint density at radius 2 is 2.19 bits per heavy atom. The van der Waals surface area contributed by atoms with E-state index in [-0.39, 0.29) is 22.6 Å². The lowest BCUT2D eigenvalue weighted by molar-refractivity contribution is -0.384. The number of rotatable bonds is 5. The highest BCUT2D eigenvalue weighted by Crippen LogP contribution is 2.26. The Morgan fingerprint density at radius 3 is 2.81 bits per heavy atom. The van der Waals surface area contributed by atoms with Crippen molar-refractivity contribution < 1.29 is 22.8 Å². The molecular formula is C11H13ClN2O6S. The summed E-state index contributed by atoms with van der Waals surface area (Å²) in [7, 11) is -3.88. The predicted octanol–water partition coefficient (Wildman–Crippen LogP) is 0.942. The first-order valence-electron chi connectivity index (χ1n) is 6.03. The molecule has 8 nitrogen and oxygen atoms in total. The Labute approximate surface area is 126 Å². The first kappa shape index (κ1) is 16.1. The van der Waals surface area contributed by atoms with Gasteiger partial charge in [0, 0.05) is 12.6 Å². The predicted molar refractivity (Wildman–Crippen MR) is 73.9 cm³/mol. The number of nitro benzene ring substituents is 1. The molecule has 1 aromatic rings. The van der Waals surface area contributed by atoms with Crippen LogP contribution >= 0.6 is 11.6 Å². The van der Waals surface area contributed by atoms with Crippen molar-refractivity contribution in [3.8, 4) is 0 Å². The van der Waals surface area contributed by atoms with Crippen LogP contribution in [0.25, 0.3) is 0 Å². The monoisotopic (exact) mass is 336 g/mol. The third-order valence-corrected chi connectivity index (χ3v) is 4.55. The smallest absolute Gasteiger partial charge is 0.289 e. The number of nitrogens with one attached hydrogen (secondary N) is 1. The molecule has 10 heteroatoms. The van der Waals surface area contributed by atoms with Gasteiger partial charge in [-0.15, -0.1) is 0 Å². The highest BCUT2D eigenvalue weighted by Gasteiger charge is 2.22. The molecule has 1 atom stereocenters. The second-order valence-electron chi connectivity index (χ2n) is 4.29. The zero-order chi connectivity index (χ0) is 15.5. The van der Waals surface area contributed by atoms with Gasteiger partial charge in [-0.05, 0) is 12.1 Å². The van der Waals surface area contributed by atoms with E-state index in [4.69, 9.17) is 21.1 Å². The third kappa shape index (κ3) is 4.11. The van der Waals surface area contributed by atoms with E-state index in [1.807, 2.05) is 0 Å². The van der Waals surface area contributed by atoms with Gasteiger partial charge in [0.25, 0.3) is 5.69 Å². The lowest BCUT2D eigenvalue weighted by Crippen LogP contribution is -2.39. The normalized spacial score (nSPS) is 19.4. The fraction of sp³-hybridized carbons (Fsp3) is 0.455. The molecule has 21 heavy (non-hydrogen) atoms. The van der Waals surface area contributed by atoms with E-state index in [0.717, 1.165) is 6.07 Å². The fourth-order valence-electron chi connectivity index (χ4n) is 1.74. The summed E-state index contributed by atoms with van der Waals surface area (Å²) in [5.41, 5.74) is -0.461. The highest BCUT2D eigenvalue weighted by atomic mass is 35.5. The molecule has 1 heterocycles. The Bertz CT molecular complexity index is 630. The van der Waals surface area contributed by atoms with Crippen molar-refractivity contribution in [1.82, 2.24) is 4.72 Å². The van der Waals surface area contributed by atoms with Crippen molar-refractivity contribution in [2.75, 3.05) is 26.4 Å². The Balaban J connectivity index is 2.11. The molecule has 0 radical (unpaired) electrons. The molecule has 2 rings (SSSR count). The molecule has 0 aromatic heterocycles. The van der Waals surface area contributed by atoms with E-state index in [1.54, 1.807) is 0 Å². The quantitative estimate of drug-likeness (QED) is 0.633. The molecule has 0 bridgehead atoms. The molecule has 1 saturated heterocycles. The van der Waals surface area contributed by atoms with Crippen LogP contribution in [-0.4, -0.2) is 45.8 Å². The van der Waals surface area contributed by atoms with Gasteiger partial charge in [0.2, 0.25) is 10.0 Å². The third-order valence-electron chi connectivity index (χ3n) is 2.81. The number of ether oxygens (including phenoxy) is 2. The summed E-state index contributed by atoms with van der Waals surface area (Å²) in [6.45, 7) is 1.20. The molecule has 0 aliphatic carbocycles. The Hall–Kier alpha value is -1.26. The number of nitrogens with zero attached hydrogens (tertiary/aromatic N) is 1. The minimum Gasteiger partial charge on any atom is -0.376 e. The summed E-state index contributed by atoms with van der Waals surface area (Å²) in [4.78, 5) is 9.81. The van der Waals surface area contributed by atoms with Gasteiger partial charge in [-0.2, -0.15) is 0 Å². The molecular weight excluding hydrogens is 324 g/mol. The van der Waals surface area contributed by atoms with Crippen LogP contribution in [-0.2, 0) is 19.5 Å². The van der Waals surface area contributed by atoms with Crippen LogP contribution in [0.2, 0.25) is 5.02 Å². The summed E-state index contributed by atoms with van der Waals surface area (Å²) in [5.74, 6) is 0. The van der Waals surface area contributed by atoms with Crippen LogP contribution in [0, 0.1) is 10.1 Å². The van der Waals surface area contributed by atoms with Crippen LogP contribution in [0.5, 0.6) is 0 Å². The molecule has 0 amide bonds. The molecule has 1 N–H and O–H groups in total. The maximum atomic E-state index is 12.1. The Kier molecular flexibility index (Phi) is 5.12. The summed E-state index contributed by atoms with van der Waals surface area (Å²) in [5, 5.41) is 10.7. The van der Waals surface area contributed by atoms with Gasteiger partial charge in [0.15, 0.2) is 0 Å². The summed E-state index contributed by atoms with van der Waals surface area (Å²) >= 11 is 5.65. The van der Waals surface area contributed by atoms with Gasteiger partial charge in [0.1, 0.15) is 5.02 Å². The molecule has 116 valence electrons. The van der Waals surface area contributed by atoms with Crippen molar-refractivity contribution >= 4 is 27.3 Å². The van der Waals surface area contributed by atoms with E-state index in [9.17, 15) is 18.5 Å². The Morgan fingerprint density at radius 1 is 1.43 bits per heavy atom. The van der Waals surface area contributed by atoms with E-state index in [2.05, 4.69) is 4.72 Å². The number of hydrogen-bond acceptors (Lipinski definition) is 6. The SMILES string of the molecule is O=[N+]([O-])c1cc(S(=O)(=O)NCC2COCCO2)ccc1Cl. The van der Waals surface area contributed by atoms with Crippen molar-refractivity contribution in [2.24, 2.45) is 0 Å². The topological polar surface area (TPSA) is 108 Å². The average molecular weight is 337 g/mol. The number of nitro groups is 1. The van der Waals surface area contributed by atoms with Gasteiger partial charge in [-0.3, -0.25) is 10.1 Å². The largest absolute Gasteiger partial charge is 0.376 e. The van der Waals surface area contributed by atoms with E-state index >= 15 is 0 Å². The zero-order valence-corrected chi connectivity index (χ0v) is 12.4. The standard InChI is InChI=1S/C11H13ClN2O6S/c12-10-2-1-9(5-11(10)14(15)16)21(17,18)13-6-8-7-19-3-4-20-8/h1-2,5,8,13H,3-4,6-7H2. The molecule has 1 fully saturated rings. The summed E-state index contributed by atoms with van der Waals surface area (Å²) < 4.78 is 37.0. The number of halogens is 1. The van der Waals surface area contributed by atoms with Crippen molar-refractivity contribution in [3.05, 3.63) is 33.3 Å². The molecule has 0 saturated carbocycles. The molecule has 1 aliphatic rings. The van der Waals surface area contributed by atoms with Crippen LogP contribution < -0.4 is 4.72 Å². The fourth-order valence-corrected chi connectivity index (χ4v) is 3.01. The van der Waals surface area contributed by atoms with Crippen LogP contribution in [0.3, 0.4) is 0 Å². The molecule has 1 unspecified atom stereocenters. The zero-order valence-electron chi connectivity index (χ0n) is 10.8. The van der Waals surface area contributed by atoms with E-state index in [1.165, 1.54) is 12.1 Å². The van der Waals surface area contributed by atoms with E-state index < -0.39 is 20.6 Å². The van der Waals surface area contributed by atoms with Gasteiger partial charge in [-0.1, -0.05) is 11.6 Å².